The van der Waals surface area contributed by atoms with Crippen LogP contribution in [0.15, 0.2) is 42.6 Å². The summed E-state index contributed by atoms with van der Waals surface area (Å²) < 4.78 is 4.97. The lowest BCUT2D eigenvalue weighted by molar-refractivity contribution is 0.0526. The second kappa shape index (κ2) is 9.16. The van der Waals surface area contributed by atoms with Crippen molar-refractivity contribution in [3.05, 3.63) is 53.7 Å². The average molecular weight is 367 g/mol. The van der Waals surface area contributed by atoms with Gasteiger partial charge in [0.15, 0.2) is 0 Å². The summed E-state index contributed by atoms with van der Waals surface area (Å²) in [6.07, 6.45) is 7.31. The third-order valence-corrected chi connectivity index (χ3v) is 4.63. The maximum atomic E-state index is 12.3. The fourth-order valence-electron chi connectivity index (χ4n) is 3.17. The Morgan fingerprint density at radius 3 is 2.37 bits per heavy atom. The summed E-state index contributed by atoms with van der Waals surface area (Å²) in [7, 11) is 0. The van der Waals surface area contributed by atoms with Crippen molar-refractivity contribution < 1.29 is 14.3 Å². The number of esters is 1. The highest BCUT2D eigenvalue weighted by molar-refractivity contribution is 5.94. The first-order valence-electron chi connectivity index (χ1n) is 9.47. The lowest BCUT2D eigenvalue weighted by atomic mass is 9.95. The summed E-state index contributed by atoms with van der Waals surface area (Å²) in [5.41, 5.74) is 1.86. The standard InChI is InChI=1S/C21H25N3O3/c1-2-27-21(26)15-8-11-18(12-9-15)23-19-13-10-16(14-22-19)20(25)24-17-6-4-3-5-7-17/h8-14,17H,2-7H2,1H3,(H,22,23)(H,24,25). The van der Waals surface area contributed by atoms with E-state index < -0.39 is 0 Å². The number of carbonyl (C=O) groups excluding carboxylic acids is 2. The van der Waals surface area contributed by atoms with Crippen molar-refractivity contribution in [2.24, 2.45) is 0 Å². The van der Waals surface area contributed by atoms with Gasteiger partial charge in [-0.25, -0.2) is 9.78 Å². The highest BCUT2D eigenvalue weighted by atomic mass is 16.5. The highest BCUT2D eigenvalue weighted by Crippen LogP contribution is 2.19. The van der Waals surface area contributed by atoms with Gasteiger partial charge in [0.2, 0.25) is 0 Å². The molecule has 0 saturated heterocycles. The number of aromatic nitrogens is 1. The third kappa shape index (κ3) is 5.29. The van der Waals surface area contributed by atoms with E-state index in [4.69, 9.17) is 4.74 Å². The SMILES string of the molecule is CCOC(=O)c1ccc(Nc2ccc(C(=O)NC3CCCCC3)cn2)cc1. The molecule has 1 aromatic carbocycles. The summed E-state index contributed by atoms with van der Waals surface area (Å²) in [5.74, 6) is 0.225. The van der Waals surface area contributed by atoms with Gasteiger partial charge in [0, 0.05) is 17.9 Å². The number of nitrogens with one attached hydrogen (secondary N) is 2. The van der Waals surface area contributed by atoms with E-state index in [2.05, 4.69) is 15.6 Å². The van der Waals surface area contributed by atoms with Gasteiger partial charge in [-0.1, -0.05) is 19.3 Å². The van der Waals surface area contributed by atoms with Crippen LogP contribution in [-0.4, -0.2) is 29.5 Å². The van der Waals surface area contributed by atoms with Crippen molar-refractivity contribution in [2.75, 3.05) is 11.9 Å². The Bertz CT molecular complexity index is 766. The van der Waals surface area contributed by atoms with E-state index in [-0.39, 0.29) is 17.9 Å². The Kier molecular flexibility index (Phi) is 6.41. The number of anilines is 2. The minimum atomic E-state index is -0.337. The van der Waals surface area contributed by atoms with Gasteiger partial charge in [0.25, 0.3) is 5.91 Å². The average Bonchev–Trinajstić information content (AvgIpc) is 2.70. The van der Waals surface area contributed by atoms with Crippen LogP contribution in [0.3, 0.4) is 0 Å². The maximum absolute atomic E-state index is 12.3. The van der Waals surface area contributed by atoms with Crippen LogP contribution < -0.4 is 10.6 Å². The number of ether oxygens (including phenoxy) is 1. The Hall–Kier alpha value is -2.89. The summed E-state index contributed by atoms with van der Waals surface area (Å²) >= 11 is 0. The van der Waals surface area contributed by atoms with Crippen LogP contribution in [0.4, 0.5) is 11.5 Å². The van der Waals surface area contributed by atoms with Crippen molar-refractivity contribution in [1.82, 2.24) is 10.3 Å². The third-order valence-electron chi connectivity index (χ3n) is 4.63. The molecule has 6 nitrogen and oxygen atoms in total. The first-order valence-corrected chi connectivity index (χ1v) is 9.47. The van der Waals surface area contributed by atoms with E-state index >= 15 is 0 Å². The molecular formula is C21H25N3O3. The molecule has 0 bridgehead atoms. The molecule has 0 radical (unpaired) electrons. The van der Waals surface area contributed by atoms with Gasteiger partial charge >= 0.3 is 5.97 Å². The molecule has 1 fully saturated rings. The van der Waals surface area contributed by atoms with Crippen LogP contribution in [0.2, 0.25) is 0 Å². The van der Waals surface area contributed by atoms with Crippen LogP contribution in [0.1, 0.15) is 59.7 Å². The molecule has 1 saturated carbocycles. The molecule has 0 spiro atoms. The molecule has 1 heterocycles. The topological polar surface area (TPSA) is 80.3 Å². The van der Waals surface area contributed by atoms with E-state index in [9.17, 15) is 9.59 Å². The van der Waals surface area contributed by atoms with E-state index in [1.165, 1.54) is 19.3 Å². The molecule has 0 aliphatic heterocycles. The number of nitrogens with zero attached hydrogens (tertiary/aromatic N) is 1. The Labute approximate surface area is 159 Å². The molecule has 2 N–H and O–H groups in total. The lowest BCUT2D eigenvalue weighted by Crippen LogP contribution is -2.36. The van der Waals surface area contributed by atoms with Crippen molar-refractivity contribution in [1.29, 1.82) is 0 Å². The van der Waals surface area contributed by atoms with Crippen molar-refractivity contribution in [2.45, 2.75) is 45.1 Å². The largest absolute Gasteiger partial charge is 0.462 e. The number of pyridine rings is 1. The number of hydrogen-bond donors (Lipinski definition) is 2. The van der Waals surface area contributed by atoms with Gasteiger partial charge in [-0.05, 0) is 56.2 Å². The molecular weight excluding hydrogens is 342 g/mol. The molecule has 6 heteroatoms. The Morgan fingerprint density at radius 1 is 1.04 bits per heavy atom. The normalized spacial score (nSPS) is 14.4. The van der Waals surface area contributed by atoms with Crippen molar-refractivity contribution >= 4 is 23.4 Å². The minimum absolute atomic E-state index is 0.0697. The molecule has 0 unspecified atom stereocenters. The fourth-order valence-corrected chi connectivity index (χ4v) is 3.17. The molecule has 0 atom stereocenters. The molecule has 2 aromatic rings. The summed E-state index contributed by atoms with van der Waals surface area (Å²) in [6.45, 7) is 2.13. The van der Waals surface area contributed by atoms with Gasteiger partial charge in [0.05, 0.1) is 17.7 Å². The van der Waals surface area contributed by atoms with Crippen molar-refractivity contribution in [3.8, 4) is 0 Å². The monoisotopic (exact) mass is 367 g/mol. The summed E-state index contributed by atoms with van der Waals surface area (Å²) in [5, 5.41) is 6.24. The van der Waals surface area contributed by atoms with E-state index in [1.54, 1.807) is 49.5 Å². The first-order chi connectivity index (χ1) is 13.2. The minimum Gasteiger partial charge on any atom is -0.462 e. The lowest BCUT2D eigenvalue weighted by Gasteiger charge is -2.22. The van der Waals surface area contributed by atoms with Crippen LogP contribution >= 0.6 is 0 Å². The van der Waals surface area contributed by atoms with Gasteiger partial charge in [-0.15, -0.1) is 0 Å². The molecule has 1 aliphatic carbocycles. The number of amides is 1. The summed E-state index contributed by atoms with van der Waals surface area (Å²) in [6, 6.07) is 10.8. The molecule has 1 amide bonds. The zero-order valence-corrected chi connectivity index (χ0v) is 15.5. The van der Waals surface area contributed by atoms with Gasteiger partial charge in [0.1, 0.15) is 5.82 Å². The number of rotatable bonds is 6. The number of carbonyl (C=O) groups is 2. The first kappa shape index (κ1) is 18.9. The maximum Gasteiger partial charge on any atom is 0.338 e. The predicted molar refractivity (Wildman–Crippen MR) is 104 cm³/mol. The fraction of sp³-hybridized carbons (Fsp3) is 0.381. The highest BCUT2D eigenvalue weighted by Gasteiger charge is 2.16. The Morgan fingerprint density at radius 2 is 1.74 bits per heavy atom. The van der Waals surface area contributed by atoms with E-state index in [0.29, 0.717) is 23.6 Å². The number of benzene rings is 1. The molecule has 1 aromatic heterocycles. The molecule has 1 aliphatic rings. The number of hydrogen-bond acceptors (Lipinski definition) is 5. The second-order valence-electron chi connectivity index (χ2n) is 6.66. The summed E-state index contributed by atoms with van der Waals surface area (Å²) in [4.78, 5) is 28.3. The molecule has 142 valence electrons. The second-order valence-corrected chi connectivity index (χ2v) is 6.66. The van der Waals surface area contributed by atoms with Crippen LogP contribution in [0.5, 0.6) is 0 Å². The van der Waals surface area contributed by atoms with Crippen LogP contribution in [0, 0.1) is 0 Å². The van der Waals surface area contributed by atoms with Gasteiger partial charge in [-0.2, -0.15) is 0 Å². The zero-order chi connectivity index (χ0) is 19.1. The van der Waals surface area contributed by atoms with Gasteiger partial charge in [-0.3, -0.25) is 4.79 Å². The zero-order valence-electron chi connectivity index (χ0n) is 15.5. The van der Waals surface area contributed by atoms with Crippen molar-refractivity contribution in [3.63, 3.8) is 0 Å². The molecule has 3 rings (SSSR count). The van der Waals surface area contributed by atoms with E-state index in [0.717, 1.165) is 18.5 Å². The van der Waals surface area contributed by atoms with Crippen LogP contribution in [0.25, 0.3) is 0 Å². The Balaban J connectivity index is 1.57. The molecule has 27 heavy (non-hydrogen) atoms. The van der Waals surface area contributed by atoms with Crippen LogP contribution in [-0.2, 0) is 4.74 Å². The van der Waals surface area contributed by atoms with E-state index in [1.807, 2.05) is 0 Å². The van der Waals surface area contributed by atoms with Gasteiger partial charge < -0.3 is 15.4 Å². The quantitative estimate of drug-likeness (QED) is 0.753. The smallest absolute Gasteiger partial charge is 0.338 e. The predicted octanol–water partition coefficient (Wildman–Crippen LogP) is 4.06.